The van der Waals surface area contributed by atoms with Gasteiger partial charge in [0, 0.05) is 4.32 Å². The number of halogens is 1. The van der Waals surface area contributed by atoms with E-state index in [0.717, 1.165) is 12.2 Å². The van der Waals surface area contributed by atoms with Crippen LogP contribution in [-0.4, -0.2) is 11.4 Å². The van der Waals surface area contributed by atoms with Gasteiger partial charge in [-0.25, -0.2) is 0 Å². The first-order valence-corrected chi connectivity index (χ1v) is 5.12. The van der Waals surface area contributed by atoms with Gasteiger partial charge in [0.05, 0.1) is 7.11 Å². The maximum absolute atomic E-state index is 5.15. The molecule has 13 heavy (non-hydrogen) atoms. The molecule has 0 radical (unpaired) electrons. The maximum atomic E-state index is 5.15. The molecular formula is C11H15BrO. The van der Waals surface area contributed by atoms with E-state index in [1.54, 1.807) is 7.11 Å². The number of ether oxygens (including phenoxy) is 1. The van der Waals surface area contributed by atoms with Gasteiger partial charge in [0.1, 0.15) is 5.75 Å². The second kappa shape index (κ2) is 4.14. The summed E-state index contributed by atoms with van der Waals surface area (Å²) < 4.78 is 5.31. The van der Waals surface area contributed by atoms with Crippen LogP contribution >= 0.6 is 15.9 Å². The monoisotopic (exact) mass is 242 g/mol. The van der Waals surface area contributed by atoms with Crippen molar-refractivity contribution in [3.05, 3.63) is 29.8 Å². The minimum Gasteiger partial charge on any atom is -0.497 e. The Bertz CT molecular complexity index is 276. The quantitative estimate of drug-likeness (QED) is 0.739. The molecule has 1 nitrogen and oxygen atoms in total. The first kappa shape index (κ1) is 10.6. The van der Waals surface area contributed by atoms with Crippen molar-refractivity contribution in [3.63, 3.8) is 0 Å². The lowest BCUT2D eigenvalue weighted by Crippen LogP contribution is -2.12. The molecule has 0 aliphatic heterocycles. The van der Waals surface area contributed by atoms with E-state index in [9.17, 15) is 0 Å². The minimum atomic E-state index is 0.152. The summed E-state index contributed by atoms with van der Waals surface area (Å²) in [4.78, 5) is 0. The van der Waals surface area contributed by atoms with E-state index in [2.05, 4.69) is 41.9 Å². The van der Waals surface area contributed by atoms with Crippen molar-refractivity contribution in [2.75, 3.05) is 7.11 Å². The maximum Gasteiger partial charge on any atom is 0.119 e. The molecular weight excluding hydrogens is 228 g/mol. The highest BCUT2D eigenvalue weighted by atomic mass is 79.9. The Morgan fingerprint density at radius 3 is 2.62 bits per heavy atom. The van der Waals surface area contributed by atoms with Gasteiger partial charge in [-0.2, -0.15) is 0 Å². The van der Waals surface area contributed by atoms with Gasteiger partial charge in [0.15, 0.2) is 0 Å². The second-order valence-corrected chi connectivity index (χ2v) is 5.89. The molecule has 1 rings (SSSR count). The van der Waals surface area contributed by atoms with E-state index in [4.69, 9.17) is 4.74 Å². The zero-order chi connectivity index (χ0) is 9.90. The van der Waals surface area contributed by atoms with Crippen LogP contribution in [0.1, 0.15) is 19.4 Å². The highest BCUT2D eigenvalue weighted by molar-refractivity contribution is 9.10. The van der Waals surface area contributed by atoms with Crippen molar-refractivity contribution < 1.29 is 4.74 Å². The Morgan fingerprint density at radius 2 is 2.08 bits per heavy atom. The highest BCUT2D eigenvalue weighted by Crippen LogP contribution is 2.23. The van der Waals surface area contributed by atoms with Crippen LogP contribution in [0.3, 0.4) is 0 Å². The Morgan fingerprint density at radius 1 is 1.38 bits per heavy atom. The average molecular weight is 243 g/mol. The molecule has 0 spiro atoms. The number of rotatable bonds is 3. The molecule has 0 N–H and O–H groups in total. The number of hydrogen-bond acceptors (Lipinski definition) is 1. The molecule has 2 heteroatoms. The number of methoxy groups -OCH3 is 1. The summed E-state index contributed by atoms with van der Waals surface area (Å²) in [5, 5.41) is 0. The smallest absolute Gasteiger partial charge is 0.119 e. The largest absolute Gasteiger partial charge is 0.497 e. The minimum absolute atomic E-state index is 0.152. The number of hydrogen-bond donors (Lipinski definition) is 0. The van der Waals surface area contributed by atoms with Crippen LogP contribution in [0, 0.1) is 0 Å². The van der Waals surface area contributed by atoms with Crippen molar-refractivity contribution in [1.29, 1.82) is 0 Å². The predicted molar refractivity (Wildman–Crippen MR) is 59.7 cm³/mol. The zero-order valence-corrected chi connectivity index (χ0v) is 9.89. The van der Waals surface area contributed by atoms with E-state index in [1.807, 2.05) is 12.1 Å². The molecule has 0 bridgehead atoms. The lowest BCUT2D eigenvalue weighted by molar-refractivity contribution is 0.414. The van der Waals surface area contributed by atoms with Crippen molar-refractivity contribution in [2.24, 2.45) is 0 Å². The lowest BCUT2D eigenvalue weighted by atomic mass is 10.0. The van der Waals surface area contributed by atoms with Crippen molar-refractivity contribution in [3.8, 4) is 5.75 Å². The highest BCUT2D eigenvalue weighted by Gasteiger charge is 2.13. The molecule has 0 aromatic heterocycles. The first-order valence-electron chi connectivity index (χ1n) is 4.33. The van der Waals surface area contributed by atoms with Crippen molar-refractivity contribution in [2.45, 2.75) is 24.6 Å². The van der Waals surface area contributed by atoms with E-state index in [1.165, 1.54) is 5.56 Å². The number of alkyl halides is 1. The van der Waals surface area contributed by atoms with Crippen LogP contribution in [0.15, 0.2) is 24.3 Å². The van der Waals surface area contributed by atoms with E-state index < -0.39 is 0 Å². The lowest BCUT2D eigenvalue weighted by Gasteiger charge is -2.16. The van der Waals surface area contributed by atoms with Crippen LogP contribution in [0.4, 0.5) is 0 Å². The number of benzene rings is 1. The normalized spacial score (nSPS) is 11.4. The van der Waals surface area contributed by atoms with E-state index in [0.29, 0.717) is 0 Å². The van der Waals surface area contributed by atoms with Gasteiger partial charge in [-0.15, -0.1) is 0 Å². The molecule has 0 atom stereocenters. The Kier molecular flexibility index (Phi) is 3.37. The summed E-state index contributed by atoms with van der Waals surface area (Å²) >= 11 is 3.62. The molecule has 1 aromatic carbocycles. The summed E-state index contributed by atoms with van der Waals surface area (Å²) in [5.74, 6) is 0.925. The molecule has 0 amide bonds. The second-order valence-electron chi connectivity index (χ2n) is 3.75. The third kappa shape index (κ3) is 3.81. The SMILES string of the molecule is COc1cccc(CC(C)(C)Br)c1. The van der Waals surface area contributed by atoms with Gasteiger partial charge in [0.25, 0.3) is 0 Å². The van der Waals surface area contributed by atoms with E-state index in [-0.39, 0.29) is 4.32 Å². The van der Waals surface area contributed by atoms with Gasteiger partial charge in [0.2, 0.25) is 0 Å². The molecule has 0 heterocycles. The van der Waals surface area contributed by atoms with Crippen LogP contribution in [0.2, 0.25) is 0 Å². The zero-order valence-electron chi connectivity index (χ0n) is 8.30. The predicted octanol–water partition coefficient (Wildman–Crippen LogP) is 3.41. The van der Waals surface area contributed by atoms with Crippen LogP contribution in [0.5, 0.6) is 5.75 Å². The van der Waals surface area contributed by atoms with Crippen molar-refractivity contribution in [1.82, 2.24) is 0 Å². The fourth-order valence-electron chi connectivity index (χ4n) is 1.27. The van der Waals surface area contributed by atoms with Gasteiger partial charge >= 0.3 is 0 Å². The van der Waals surface area contributed by atoms with Crippen LogP contribution < -0.4 is 4.74 Å². The fourth-order valence-corrected chi connectivity index (χ4v) is 1.59. The van der Waals surface area contributed by atoms with Crippen LogP contribution in [-0.2, 0) is 6.42 Å². The Balaban J connectivity index is 2.78. The summed E-state index contributed by atoms with van der Waals surface area (Å²) in [6, 6.07) is 8.17. The van der Waals surface area contributed by atoms with Crippen LogP contribution in [0.25, 0.3) is 0 Å². The molecule has 0 saturated heterocycles. The first-order chi connectivity index (χ1) is 6.01. The van der Waals surface area contributed by atoms with Gasteiger partial charge in [-0.3, -0.25) is 0 Å². The average Bonchev–Trinajstić information content (AvgIpc) is 2.01. The molecule has 0 aliphatic rings. The summed E-state index contributed by atoms with van der Waals surface area (Å²) in [6.45, 7) is 4.32. The van der Waals surface area contributed by atoms with E-state index >= 15 is 0 Å². The molecule has 0 fully saturated rings. The topological polar surface area (TPSA) is 9.23 Å². The van der Waals surface area contributed by atoms with Gasteiger partial charge < -0.3 is 4.74 Å². The third-order valence-corrected chi connectivity index (χ3v) is 2.04. The standard InChI is InChI=1S/C11H15BrO/c1-11(2,12)8-9-5-4-6-10(7-9)13-3/h4-7H,8H2,1-3H3. The van der Waals surface area contributed by atoms with Crippen molar-refractivity contribution >= 4 is 15.9 Å². The molecule has 72 valence electrons. The Labute approximate surface area is 88.2 Å². The summed E-state index contributed by atoms with van der Waals surface area (Å²) in [7, 11) is 1.69. The summed E-state index contributed by atoms with van der Waals surface area (Å²) in [5.41, 5.74) is 1.29. The molecule has 1 aromatic rings. The molecule has 0 unspecified atom stereocenters. The van der Waals surface area contributed by atoms with Gasteiger partial charge in [-0.1, -0.05) is 28.1 Å². The molecule has 0 aliphatic carbocycles. The fraction of sp³-hybridized carbons (Fsp3) is 0.455. The summed E-state index contributed by atoms with van der Waals surface area (Å²) in [6.07, 6.45) is 1.00. The van der Waals surface area contributed by atoms with Gasteiger partial charge in [-0.05, 0) is 38.0 Å². The Hall–Kier alpha value is -0.500. The third-order valence-electron chi connectivity index (χ3n) is 1.76. The molecule has 0 saturated carbocycles.